The number of carbonyl (C=O) groups excluding carboxylic acids is 1. The summed E-state index contributed by atoms with van der Waals surface area (Å²) in [4.78, 5) is 20.6. The minimum absolute atomic E-state index is 0.00103. The first-order valence-electron chi connectivity index (χ1n) is 11.4. The van der Waals surface area contributed by atoms with Gasteiger partial charge in [0.15, 0.2) is 0 Å². The number of carbonyl (C=O) groups is 1. The van der Waals surface area contributed by atoms with Crippen LogP contribution in [0, 0.1) is 0 Å². The van der Waals surface area contributed by atoms with Crippen molar-refractivity contribution in [2.75, 3.05) is 13.1 Å². The van der Waals surface area contributed by atoms with Crippen LogP contribution >= 0.6 is 15.9 Å². The highest BCUT2D eigenvalue weighted by Gasteiger charge is 2.29. The first-order chi connectivity index (χ1) is 16.1. The monoisotopic (exact) mass is 504 g/mol. The average molecular weight is 505 g/mol. The molecule has 2 N–H and O–H groups in total. The number of hydrogen-bond acceptors (Lipinski definition) is 3. The molecule has 0 bridgehead atoms. The zero-order valence-corrected chi connectivity index (χ0v) is 20.4. The Hall–Kier alpha value is -2.96. The summed E-state index contributed by atoms with van der Waals surface area (Å²) in [5, 5.41) is 0. The van der Waals surface area contributed by atoms with Crippen molar-refractivity contribution in [1.82, 2.24) is 14.5 Å². The molecular weight excluding hydrogens is 476 g/mol. The summed E-state index contributed by atoms with van der Waals surface area (Å²) in [6, 6.07) is 25.9. The van der Waals surface area contributed by atoms with Gasteiger partial charge in [0.25, 0.3) is 5.91 Å². The van der Waals surface area contributed by atoms with Crippen molar-refractivity contribution >= 4 is 32.9 Å². The maximum absolute atomic E-state index is 13.7. The maximum Gasteiger partial charge on any atom is 0.254 e. The Labute approximate surface area is 203 Å². The lowest BCUT2D eigenvalue weighted by atomic mass is 10.1. The molecule has 1 unspecified atom stereocenters. The minimum atomic E-state index is -0.163. The highest BCUT2D eigenvalue weighted by molar-refractivity contribution is 9.10. The molecule has 5 nitrogen and oxygen atoms in total. The van der Waals surface area contributed by atoms with E-state index in [4.69, 9.17) is 10.7 Å². The predicted molar refractivity (Wildman–Crippen MR) is 137 cm³/mol. The van der Waals surface area contributed by atoms with Crippen molar-refractivity contribution < 1.29 is 4.79 Å². The van der Waals surface area contributed by atoms with Crippen LogP contribution < -0.4 is 5.73 Å². The maximum atomic E-state index is 13.7. The molecule has 4 aromatic rings. The number of benzene rings is 3. The number of amides is 1. The smallest absolute Gasteiger partial charge is 0.254 e. The van der Waals surface area contributed by atoms with E-state index in [1.807, 2.05) is 53.4 Å². The minimum Gasteiger partial charge on any atom is -0.330 e. The van der Waals surface area contributed by atoms with Crippen LogP contribution in [0.5, 0.6) is 0 Å². The molecule has 0 aliphatic carbocycles. The highest BCUT2D eigenvalue weighted by atomic mass is 79.9. The van der Waals surface area contributed by atoms with Gasteiger partial charge in [-0.2, -0.15) is 0 Å². The van der Waals surface area contributed by atoms with E-state index in [1.54, 1.807) is 0 Å². The van der Waals surface area contributed by atoms with Crippen molar-refractivity contribution in [1.29, 1.82) is 0 Å². The van der Waals surface area contributed by atoms with Gasteiger partial charge in [-0.15, -0.1) is 0 Å². The molecule has 0 aliphatic rings. The lowest BCUT2D eigenvalue weighted by Crippen LogP contribution is -2.37. The third-order valence-corrected chi connectivity index (χ3v) is 6.41. The van der Waals surface area contributed by atoms with Crippen molar-refractivity contribution in [2.45, 2.75) is 32.4 Å². The summed E-state index contributed by atoms with van der Waals surface area (Å²) in [5.74, 6) is 0.908. The summed E-state index contributed by atoms with van der Waals surface area (Å²) < 4.78 is 3.20. The van der Waals surface area contributed by atoms with E-state index in [0.29, 0.717) is 25.2 Å². The largest absolute Gasteiger partial charge is 0.330 e. The van der Waals surface area contributed by atoms with Gasteiger partial charge in [0, 0.05) is 23.1 Å². The zero-order chi connectivity index (χ0) is 23.2. The second-order valence-electron chi connectivity index (χ2n) is 8.10. The molecule has 4 rings (SSSR count). The predicted octanol–water partition coefficient (Wildman–Crippen LogP) is 5.79. The number of nitrogens with zero attached hydrogens (tertiary/aromatic N) is 3. The average Bonchev–Trinajstić information content (AvgIpc) is 3.20. The second-order valence-corrected chi connectivity index (χ2v) is 9.02. The molecule has 0 aliphatic heterocycles. The molecule has 33 heavy (non-hydrogen) atoms. The topological polar surface area (TPSA) is 64.2 Å². The number of fused-ring (bicyclic) bond motifs is 1. The number of para-hydroxylation sites is 2. The number of rotatable bonds is 9. The molecule has 0 fully saturated rings. The molecule has 0 spiro atoms. The number of halogens is 1. The summed E-state index contributed by atoms with van der Waals surface area (Å²) in [5.41, 5.74) is 9.72. The lowest BCUT2D eigenvalue weighted by Gasteiger charge is -2.31. The van der Waals surface area contributed by atoms with Crippen LogP contribution in [0.1, 0.15) is 47.6 Å². The van der Waals surface area contributed by atoms with Gasteiger partial charge in [0.05, 0.1) is 17.1 Å². The molecule has 6 heteroatoms. The summed E-state index contributed by atoms with van der Waals surface area (Å²) in [6.45, 7) is 3.92. The first kappa shape index (κ1) is 23.2. The van der Waals surface area contributed by atoms with Crippen LogP contribution in [-0.2, 0) is 6.54 Å². The van der Waals surface area contributed by atoms with Gasteiger partial charge < -0.3 is 15.2 Å². The fraction of sp³-hybridized carbons (Fsp3) is 0.259. The molecule has 1 heterocycles. The van der Waals surface area contributed by atoms with Gasteiger partial charge in [-0.3, -0.25) is 4.79 Å². The third-order valence-electron chi connectivity index (χ3n) is 5.88. The Balaban J connectivity index is 1.79. The van der Waals surface area contributed by atoms with Crippen LogP contribution in [-0.4, -0.2) is 33.4 Å². The normalized spacial score (nSPS) is 12.1. The fourth-order valence-electron chi connectivity index (χ4n) is 4.24. The van der Waals surface area contributed by atoms with E-state index in [2.05, 4.69) is 57.8 Å². The van der Waals surface area contributed by atoms with E-state index >= 15 is 0 Å². The number of hydrogen-bond donors (Lipinski definition) is 1. The van der Waals surface area contributed by atoms with Crippen molar-refractivity contribution in [3.05, 3.63) is 100 Å². The number of aromatic nitrogens is 2. The van der Waals surface area contributed by atoms with Crippen molar-refractivity contribution in [3.8, 4) is 0 Å². The van der Waals surface area contributed by atoms with Crippen molar-refractivity contribution in [3.63, 3.8) is 0 Å². The summed E-state index contributed by atoms with van der Waals surface area (Å²) in [7, 11) is 0. The number of nitrogens with two attached hydrogens (primary N) is 1. The first-order valence-corrected chi connectivity index (χ1v) is 12.2. The Bertz CT molecular complexity index is 1200. The van der Waals surface area contributed by atoms with Gasteiger partial charge >= 0.3 is 0 Å². The van der Waals surface area contributed by atoms with Crippen LogP contribution in [0.3, 0.4) is 0 Å². The molecule has 0 radical (unpaired) electrons. The Morgan fingerprint density at radius 2 is 1.73 bits per heavy atom. The van der Waals surface area contributed by atoms with E-state index < -0.39 is 0 Å². The Kier molecular flexibility index (Phi) is 7.57. The molecule has 0 saturated heterocycles. The summed E-state index contributed by atoms with van der Waals surface area (Å²) >= 11 is 3.46. The van der Waals surface area contributed by atoms with Crippen LogP contribution in [0.2, 0.25) is 0 Å². The molecule has 0 saturated carbocycles. The second kappa shape index (κ2) is 10.8. The molecular formula is C27H29BrN4O. The van der Waals surface area contributed by atoms with E-state index in [-0.39, 0.29) is 11.9 Å². The third kappa shape index (κ3) is 5.18. The van der Waals surface area contributed by atoms with Gasteiger partial charge in [0.1, 0.15) is 5.82 Å². The van der Waals surface area contributed by atoms with E-state index in [0.717, 1.165) is 34.2 Å². The van der Waals surface area contributed by atoms with Crippen LogP contribution in [0.25, 0.3) is 11.0 Å². The SMILES string of the molecule is CCC(c1nc2ccccc2n1Cc1ccccc1)N(CCCN)C(=O)c1ccc(Br)cc1. The van der Waals surface area contributed by atoms with Crippen LogP contribution in [0.15, 0.2) is 83.3 Å². The molecule has 170 valence electrons. The fourth-order valence-corrected chi connectivity index (χ4v) is 4.51. The Morgan fingerprint density at radius 3 is 2.42 bits per heavy atom. The quantitative estimate of drug-likeness (QED) is 0.313. The van der Waals surface area contributed by atoms with Gasteiger partial charge in [-0.25, -0.2) is 4.98 Å². The van der Waals surface area contributed by atoms with Gasteiger partial charge in [-0.05, 0) is 61.3 Å². The zero-order valence-electron chi connectivity index (χ0n) is 18.8. The number of imidazole rings is 1. The van der Waals surface area contributed by atoms with Gasteiger partial charge in [0.2, 0.25) is 0 Å². The Morgan fingerprint density at radius 1 is 1.03 bits per heavy atom. The summed E-state index contributed by atoms with van der Waals surface area (Å²) in [6.07, 6.45) is 1.49. The molecule has 3 aromatic carbocycles. The van der Waals surface area contributed by atoms with Gasteiger partial charge in [-0.1, -0.05) is 65.3 Å². The molecule has 1 atom stereocenters. The molecule has 1 aromatic heterocycles. The van der Waals surface area contributed by atoms with Crippen LogP contribution in [0.4, 0.5) is 0 Å². The molecule has 1 amide bonds. The standard InChI is InChI=1S/C27H29BrN4O/c1-2-24(31(18-8-17-29)27(33)21-13-15-22(28)16-14-21)26-30-23-11-6-7-12-25(23)32(26)19-20-9-4-3-5-10-20/h3-7,9-16,24H,2,8,17-19,29H2,1H3. The van der Waals surface area contributed by atoms with E-state index in [1.165, 1.54) is 5.56 Å². The van der Waals surface area contributed by atoms with E-state index in [9.17, 15) is 4.79 Å². The highest BCUT2D eigenvalue weighted by Crippen LogP contribution is 2.30. The lowest BCUT2D eigenvalue weighted by molar-refractivity contribution is 0.0657. The van der Waals surface area contributed by atoms with Crippen molar-refractivity contribution in [2.24, 2.45) is 5.73 Å².